The number of rotatable bonds is 2. The van der Waals surface area contributed by atoms with Crippen LogP contribution in [0.2, 0.25) is 0 Å². The summed E-state index contributed by atoms with van der Waals surface area (Å²) < 4.78 is 11.5. The number of ether oxygens (including phenoxy) is 2. The van der Waals surface area contributed by atoms with Gasteiger partial charge in [0.2, 0.25) is 0 Å². The number of pyridine rings is 1. The van der Waals surface area contributed by atoms with E-state index in [-0.39, 0.29) is 0 Å². The van der Waals surface area contributed by atoms with Gasteiger partial charge in [-0.2, -0.15) is 0 Å². The minimum Gasteiger partial charge on any atom is -0.491 e. The summed E-state index contributed by atoms with van der Waals surface area (Å²) in [6.07, 6.45) is 0. The van der Waals surface area contributed by atoms with Crippen LogP contribution < -0.4 is 9.47 Å². The highest BCUT2D eigenvalue weighted by atomic mass is 79.9. The maximum atomic E-state index is 5.03. The predicted molar refractivity (Wildman–Crippen MR) is 52.7 cm³/mol. The zero-order valence-corrected chi connectivity index (χ0v) is 9.77. The molecule has 0 aliphatic heterocycles. The third-order valence-electron chi connectivity index (χ3n) is 1.28. The van der Waals surface area contributed by atoms with Crippen LogP contribution in [-0.4, -0.2) is 19.2 Å². The van der Waals surface area contributed by atoms with E-state index >= 15 is 0 Å². The fraction of sp³-hybridized carbons (Fsp3) is 0.286. The molecule has 0 fully saturated rings. The molecule has 0 atom stereocenters. The molecule has 0 aliphatic carbocycles. The van der Waals surface area contributed by atoms with E-state index in [1.165, 1.54) is 0 Å². The maximum Gasteiger partial charge on any atom is 0.257 e. The molecule has 0 saturated carbocycles. The van der Waals surface area contributed by atoms with Gasteiger partial charge in [0.05, 0.1) is 18.7 Å². The molecule has 66 valence electrons. The second-order valence-corrected chi connectivity index (χ2v) is 3.58. The standard InChI is InChI=1S/C7H7Br2NO2/c1-11-5-3-4(8)6(9)10-7(5)12-2/h3H,1-2H3. The van der Waals surface area contributed by atoms with Crippen LogP contribution in [0.15, 0.2) is 15.1 Å². The summed E-state index contributed by atoms with van der Waals surface area (Å²) in [5.74, 6) is 1.07. The Balaban J connectivity index is 3.19. The van der Waals surface area contributed by atoms with E-state index in [1.807, 2.05) is 0 Å². The first kappa shape index (κ1) is 9.80. The molecule has 12 heavy (non-hydrogen) atoms. The lowest BCUT2D eigenvalue weighted by Crippen LogP contribution is -1.94. The third-order valence-corrected chi connectivity index (χ3v) is 3.02. The van der Waals surface area contributed by atoms with Crippen LogP contribution in [0.4, 0.5) is 0 Å². The van der Waals surface area contributed by atoms with Gasteiger partial charge in [0, 0.05) is 6.07 Å². The largest absolute Gasteiger partial charge is 0.491 e. The zero-order valence-electron chi connectivity index (χ0n) is 6.60. The summed E-state index contributed by atoms with van der Waals surface area (Å²) in [5.41, 5.74) is 0. The van der Waals surface area contributed by atoms with Gasteiger partial charge in [-0.15, -0.1) is 0 Å². The lowest BCUT2D eigenvalue weighted by Gasteiger charge is -2.06. The summed E-state index contributed by atoms with van der Waals surface area (Å²) >= 11 is 6.56. The molecule has 1 aromatic heterocycles. The Morgan fingerprint density at radius 2 is 1.92 bits per heavy atom. The summed E-state index contributed by atoms with van der Waals surface area (Å²) in [5, 5.41) is 0. The van der Waals surface area contributed by atoms with Gasteiger partial charge in [0.25, 0.3) is 5.88 Å². The summed E-state index contributed by atoms with van der Waals surface area (Å²) in [6.45, 7) is 0. The molecular formula is C7H7Br2NO2. The smallest absolute Gasteiger partial charge is 0.257 e. The Morgan fingerprint density at radius 3 is 2.42 bits per heavy atom. The number of hydrogen-bond donors (Lipinski definition) is 0. The first-order valence-electron chi connectivity index (χ1n) is 3.13. The molecule has 0 unspecified atom stereocenters. The number of hydrogen-bond acceptors (Lipinski definition) is 3. The van der Waals surface area contributed by atoms with E-state index in [9.17, 15) is 0 Å². The number of methoxy groups -OCH3 is 2. The van der Waals surface area contributed by atoms with E-state index in [0.29, 0.717) is 16.2 Å². The van der Waals surface area contributed by atoms with Crippen LogP contribution in [0.5, 0.6) is 11.6 Å². The van der Waals surface area contributed by atoms with Crippen LogP contribution in [0.3, 0.4) is 0 Å². The Hall–Kier alpha value is -0.290. The Kier molecular flexibility index (Phi) is 3.34. The predicted octanol–water partition coefficient (Wildman–Crippen LogP) is 2.62. The van der Waals surface area contributed by atoms with Crippen molar-refractivity contribution in [3.63, 3.8) is 0 Å². The molecule has 0 bridgehead atoms. The van der Waals surface area contributed by atoms with E-state index < -0.39 is 0 Å². The van der Waals surface area contributed by atoms with Crippen molar-refractivity contribution in [3.05, 3.63) is 15.1 Å². The van der Waals surface area contributed by atoms with E-state index in [2.05, 4.69) is 36.8 Å². The Bertz CT molecular complexity index is 262. The molecule has 0 N–H and O–H groups in total. The molecule has 0 spiro atoms. The molecule has 1 aromatic rings. The van der Waals surface area contributed by atoms with Crippen LogP contribution in [0, 0.1) is 0 Å². The van der Waals surface area contributed by atoms with Gasteiger partial charge in [0.1, 0.15) is 4.60 Å². The number of halogens is 2. The number of nitrogens with zero attached hydrogens (tertiary/aromatic N) is 1. The first-order chi connectivity index (χ1) is 5.69. The van der Waals surface area contributed by atoms with Gasteiger partial charge >= 0.3 is 0 Å². The fourth-order valence-electron chi connectivity index (χ4n) is 0.727. The normalized spacial score (nSPS) is 9.67. The second kappa shape index (κ2) is 4.09. The van der Waals surface area contributed by atoms with Gasteiger partial charge in [-0.05, 0) is 31.9 Å². The average molecular weight is 297 g/mol. The highest BCUT2D eigenvalue weighted by molar-refractivity contribution is 9.13. The van der Waals surface area contributed by atoms with Gasteiger partial charge in [-0.3, -0.25) is 0 Å². The molecule has 0 radical (unpaired) electrons. The summed E-state index contributed by atoms with van der Waals surface area (Å²) in [7, 11) is 3.12. The lowest BCUT2D eigenvalue weighted by atomic mass is 10.4. The highest BCUT2D eigenvalue weighted by Crippen LogP contribution is 2.32. The third kappa shape index (κ3) is 1.90. The van der Waals surface area contributed by atoms with Crippen molar-refractivity contribution < 1.29 is 9.47 Å². The van der Waals surface area contributed by atoms with Crippen molar-refractivity contribution in [1.29, 1.82) is 0 Å². The molecule has 5 heteroatoms. The van der Waals surface area contributed by atoms with Crippen molar-refractivity contribution in [2.45, 2.75) is 0 Å². The molecule has 0 aliphatic rings. The lowest BCUT2D eigenvalue weighted by molar-refractivity contribution is 0.342. The van der Waals surface area contributed by atoms with E-state index in [4.69, 9.17) is 9.47 Å². The molecule has 0 aromatic carbocycles. The maximum absolute atomic E-state index is 5.03. The molecule has 0 saturated heterocycles. The molecule has 1 rings (SSSR count). The van der Waals surface area contributed by atoms with Crippen LogP contribution >= 0.6 is 31.9 Å². The Labute approximate surface area is 87.3 Å². The van der Waals surface area contributed by atoms with E-state index in [1.54, 1.807) is 20.3 Å². The van der Waals surface area contributed by atoms with E-state index in [0.717, 1.165) is 4.47 Å². The molecule has 3 nitrogen and oxygen atoms in total. The molecular weight excluding hydrogens is 290 g/mol. The van der Waals surface area contributed by atoms with Gasteiger partial charge in [0.15, 0.2) is 5.75 Å². The van der Waals surface area contributed by atoms with Gasteiger partial charge in [-0.1, -0.05) is 0 Å². The first-order valence-corrected chi connectivity index (χ1v) is 4.71. The quantitative estimate of drug-likeness (QED) is 0.786. The summed E-state index contributed by atoms with van der Waals surface area (Å²) in [6, 6.07) is 1.79. The average Bonchev–Trinajstić information content (AvgIpc) is 2.09. The highest BCUT2D eigenvalue weighted by Gasteiger charge is 2.08. The van der Waals surface area contributed by atoms with Crippen LogP contribution in [-0.2, 0) is 0 Å². The summed E-state index contributed by atoms with van der Waals surface area (Å²) in [4.78, 5) is 4.08. The van der Waals surface area contributed by atoms with Gasteiger partial charge in [-0.25, -0.2) is 4.98 Å². The van der Waals surface area contributed by atoms with Crippen molar-refractivity contribution in [1.82, 2.24) is 4.98 Å². The van der Waals surface area contributed by atoms with Gasteiger partial charge < -0.3 is 9.47 Å². The minimum atomic E-state index is 0.465. The van der Waals surface area contributed by atoms with Crippen molar-refractivity contribution in [2.24, 2.45) is 0 Å². The minimum absolute atomic E-state index is 0.465. The van der Waals surface area contributed by atoms with Crippen LogP contribution in [0.25, 0.3) is 0 Å². The second-order valence-electron chi connectivity index (χ2n) is 1.97. The monoisotopic (exact) mass is 295 g/mol. The number of aromatic nitrogens is 1. The van der Waals surface area contributed by atoms with Crippen molar-refractivity contribution >= 4 is 31.9 Å². The molecule has 0 amide bonds. The molecule has 1 heterocycles. The topological polar surface area (TPSA) is 31.4 Å². The Morgan fingerprint density at radius 1 is 1.25 bits per heavy atom. The van der Waals surface area contributed by atoms with Crippen molar-refractivity contribution in [3.8, 4) is 11.6 Å². The fourth-order valence-corrected chi connectivity index (χ4v) is 1.30. The SMILES string of the molecule is COc1cc(Br)c(Br)nc1OC. The van der Waals surface area contributed by atoms with Crippen LogP contribution in [0.1, 0.15) is 0 Å². The van der Waals surface area contributed by atoms with Crippen molar-refractivity contribution in [2.75, 3.05) is 14.2 Å². The zero-order chi connectivity index (χ0) is 9.14.